The lowest BCUT2D eigenvalue weighted by molar-refractivity contribution is -0.113. The molecule has 142 valence electrons. The van der Waals surface area contributed by atoms with E-state index in [1.165, 1.54) is 11.8 Å². The largest absolute Gasteiger partial charge is 0.497 e. The monoisotopic (exact) mass is 386 g/mol. The SMILES string of the molecule is COc1ccc(NC(=O)CSc2nnc(C(C)C)n2Cc2ccco2)cc1. The number of anilines is 1. The van der Waals surface area contributed by atoms with Crippen molar-refractivity contribution < 1.29 is 13.9 Å². The zero-order valence-electron chi connectivity index (χ0n) is 15.5. The Morgan fingerprint density at radius 2 is 2.04 bits per heavy atom. The molecule has 1 N–H and O–H groups in total. The molecule has 0 aliphatic heterocycles. The van der Waals surface area contributed by atoms with E-state index in [0.717, 1.165) is 23.0 Å². The summed E-state index contributed by atoms with van der Waals surface area (Å²) in [6.07, 6.45) is 1.64. The van der Waals surface area contributed by atoms with Crippen molar-refractivity contribution in [3.63, 3.8) is 0 Å². The second kappa shape index (κ2) is 8.77. The summed E-state index contributed by atoms with van der Waals surface area (Å²) in [6.45, 7) is 4.66. The molecule has 3 rings (SSSR count). The van der Waals surface area contributed by atoms with Crippen molar-refractivity contribution in [2.75, 3.05) is 18.2 Å². The smallest absolute Gasteiger partial charge is 0.234 e. The van der Waals surface area contributed by atoms with Gasteiger partial charge in [-0.3, -0.25) is 9.36 Å². The van der Waals surface area contributed by atoms with Gasteiger partial charge in [0.2, 0.25) is 5.91 Å². The number of carbonyl (C=O) groups excluding carboxylic acids is 1. The fourth-order valence-corrected chi connectivity index (χ4v) is 3.29. The third-order valence-electron chi connectivity index (χ3n) is 3.86. The van der Waals surface area contributed by atoms with Crippen molar-refractivity contribution in [1.82, 2.24) is 14.8 Å². The maximum absolute atomic E-state index is 12.3. The second-order valence-corrected chi connectivity index (χ2v) is 7.17. The molecule has 27 heavy (non-hydrogen) atoms. The highest BCUT2D eigenvalue weighted by Gasteiger charge is 2.17. The minimum Gasteiger partial charge on any atom is -0.497 e. The van der Waals surface area contributed by atoms with Gasteiger partial charge in [-0.25, -0.2) is 0 Å². The van der Waals surface area contributed by atoms with Crippen molar-refractivity contribution >= 4 is 23.4 Å². The van der Waals surface area contributed by atoms with Gasteiger partial charge in [0.25, 0.3) is 0 Å². The third kappa shape index (κ3) is 4.91. The molecular weight excluding hydrogens is 364 g/mol. The number of hydrogen-bond acceptors (Lipinski definition) is 6. The first-order chi connectivity index (χ1) is 13.1. The van der Waals surface area contributed by atoms with E-state index in [1.807, 2.05) is 16.7 Å². The summed E-state index contributed by atoms with van der Waals surface area (Å²) in [7, 11) is 1.61. The Kier molecular flexibility index (Phi) is 6.18. The standard InChI is InChI=1S/C19H22N4O3S/c1-13(2)18-21-22-19(23(18)11-16-5-4-10-26-16)27-12-17(24)20-14-6-8-15(25-3)9-7-14/h4-10,13H,11-12H2,1-3H3,(H,20,24). The Balaban J connectivity index is 1.65. The molecule has 0 radical (unpaired) electrons. The molecule has 0 atom stereocenters. The van der Waals surface area contributed by atoms with Gasteiger partial charge in [-0.15, -0.1) is 10.2 Å². The number of furan rings is 1. The lowest BCUT2D eigenvalue weighted by Crippen LogP contribution is -2.15. The lowest BCUT2D eigenvalue weighted by atomic mass is 10.2. The Hall–Kier alpha value is -2.74. The van der Waals surface area contributed by atoms with Crippen LogP contribution in [-0.4, -0.2) is 33.5 Å². The molecule has 8 heteroatoms. The number of carbonyl (C=O) groups is 1. The zero-order chi connectivity index (χ0) is 19.2. The van der Waals surface area contributed by atoms with E-state index in [1.54, 1.807) is 37.6 Å². The molecule has 2 aromatic heterocycles. The number of rotatable bonds is 8. The predicted octanol–water partition coefficient (Wildman–Crippen LogP) is 3.78. The van der Waals surface area contributed by atoms with Crippen molar-refractivity contribution in [1.29, 1.82) is 0 Å². The van der Waals surface area contributed by atoms with Gasteiger partial charge in [-0.1, -0.05) is 25.6 Å². The highest BCUT2D eigenvalue weighted by molar-refractivity contribution is 7.99. The molecule has 0 bridgehead atoms. The number of hydrogen-bond donors (Lipinski definition) is 1. The van der Waals surface area contributed by atoms with Crippen LogP contribution in [0.4, 0.5) is 5.69 Å². The quantitative estimate of drug-likeness (QED) is 0.593. The van der Waals surface area contributed by atoms with E-state index in [4.69, 9.17) is 9.15 Å². The third-order valence-corrected chi connectivity index (χ3v) is 4.83. The Labute approximate surface area is 162 Å². The number of nitrogens with one attached hydrogen (secondary N) is 1. The van der Waals surface area contributed by atoms with E-state index in [0.29, 0.717) is 11.7 Å². The van der Waals surface area contributed by atoms with Gasteiger partial charge in [0.05, 0.1) is 25.7 Å². The van der Waals surface area contributed by atoms with Gasteiger partial charge in [-0.2, -0.15) is 0 Å². The molecule has 1 aromatic carbocycles. The molecule has 1 amide bonds. The molecule has 3 aromatic rings. The molecule has 0 unspecified atom stereocenters. The van der Waals surface area contributed by atoms with Crippen LogP contribution in [0.25, 0.3) is 0 Å². The highest BCUT2D eigenvalue weighted by Crippen LogP contribution is 2.23. The number of nitrogens with zero attached hydrogens (tertiary/aromatic N) is 3. The summed E-state index contributed by atoms with van der Waals surface area (Å²) < 4.78 is 12.6. The minimum absolute atomic E-state index is 0.108. The van der Waals surface area contributed by atoms with Crippen LogP contribution in [0, 0.1) is 0 Å². The molecule has 7 nitrogen and oxygen atoms in total. The predicted molar refractivity (Wildman–Crippen MR) is 104 cm³/mol. The Bertz CT molecular complexity index is 873. The molecule has 0 fully saturated rings. The van der Waals surface area contributed by atoms with E-state index in [2.05, 4.69) is 29.4 Å². The molecule has 2 heterocycles. The first kappa shape index (κ1) is 19.0. The van der Waals surface area contributed by atoms with E-state index in [9.17, 15) is 4.79 Å². The molecule has 0 saturated heterocycles. The van der Waals surface area contributed by atoms with Gasteiger partial charge >= 0.3 is 0 Å². The fourth-order valence-electron chi connectivity index (χ4n) is 2.54. The summed E-state index contributed by atoms with van der Waals surface area (Å²) in [5.74, 6) is 2.78. The highest BCUT2D eigenvalue weighted by atomic mass is 32.2. The molecule has 0 spiro atoms. The summed E-state index contributed by atoms with van der Waals surface area (Å²) in [5, 5.41) is 12.1. The van der Waals surface area contributed by atoms with Crippen LogP contribution in [0.5, 0.6) is 5.75 Å². The maximum atomic E-state index is 12.3. The summed E-state index contributed by atoms with van der Waals surface area (Å²) in [4.78, 5) is 12.3. The summed E-state index contributed by atoms with van der Waals surface area (Å²) >= 11 is 1.35. The van der Waals surface area contributed by atoms with Gasteiger partial charge in [0, 0.05) is 11.6 Å². The van der Waals surface area contributed by atoms with Crippen molar-refractivity contribution in [3.8, 4) is 5.75 Å². The Morgan fingerprint density at radius 3 is 2.67 bits per heavy atom. The average molecular weight is 386 g/mol. The van der Waals surface area contributed by atoms with Gasteiger partial charge in [0.15, 0.2) is 5.16 Å². The zero-order valence-corrected chi connectivity index (χ0v) is 16.3. The number of aromatic nitrogens is 3. The van der Waals surface area contributed by atoms with E-state index < -0.39 is 0 Å². The van der Waals surface area contributed by atoms with Crippen LogP contribution in [0.1, 0.15) is 31.4 Å². The van der Waals surface area contributed by atoms with E-state index in [-0.39, 0.29) is 17.6 Å². The van der Waals surface area contributed by atoms with Gasteiger partial charge in [-0.05, 0) is 36.4 Å². The second-order valence-electron chi connectivity index (χ2n) is 6.23. The first-order valence-electron chi connectivity index (χ1n) is 8.59. The lowest BCUT2D eigenvalue weighted by Gasteiger charge is -2.10. The van der Waals surface area contributed by atoms with Crippen LogP contribution in [0.2, 0.25) is 0 Å². The van der Waals surface area contributed by atoms with Gasteiger partial charge in [0.1, 0.15) is 17.3 Å². The van der Waals surface area contributed by atoms with Crippen LogP contribution in [0.3, 0.4) is 0 Å². The molecule has 0 aliphatic rings. The number of benzene rings is 1. The molecule has 0 aliphatic carbocycles. The fraction of sp³-hybridized carbons (Fsp3) is 0.316. The van der Waals surface area contributed by atoms with Gasteiger partial charge < -0.3 is 14.5 Å². The summed E-state index contributed by atoms with van der Waals surface area (Å²) in [5.41, 5.74) is 0.723. The number of ether oxygens (including phenoxy) is 1. The minimum atomic E-state index is -0.108. The normalized spacial score (nSPS) is 11.0. The number of methoxy groups -OCH3 is 1. The van der Waals surface area contributed by atoms with Crippen LogP contribution in [-0.2, 0) is 11.3 Å². The van der Waals surface area contributed by atoms with Crippen LogP contribution >= 0.6 is 11.8 Å². The average Bonchev–Trinajstić information content (AvgIpc) is 3.31. The maximum Gasteiger partial charge on any atom is 0.234 e. The molecule has 0 saturated carbocycles. The number of amides is 1. The van der Waals surface area contributed by atoms with Crippen molar-refractivity contribution in [2.24, 2.45) is 0 Å². The van der Waals surface area contributed by atoms with Crippen molar-refractivity contribution in [3.05, 3.63) is 54.2 Å². The summed E-state index contributed by atoms with van der Waals surface area (Å²) in [6, 6.07) is 11.0. The number of thioether (sulfide) groups is 1. The Morgan fingerprint density at radius 1 is 1.26 bits per heavy atom. The first-order valence-corrected chi connectivity index (χ1v) is 9.57. The van der Waals surface area contributed by atoms with E-state index >= 15 is 0 Å². The molecular formula is C19H22N4O3S. The van der Waals surface area contributed by atoms with Crippen molar-refractivity contribution in [2.45, 2.75) is 31.5 Å². The topological polar surface area (TPSA) is 82.2 Å². The van der Waals surface area contributed by atoms with Crippen LogP contribution < -0.4 is 10.1 Å². The van der Waals surface area contributed by atoms with Crippen LogP contribution in [0.15, 0.2) is 52.2 Å².